The fourth-order valence-electron chi connectivity index (χ4n) is 8.04. The largest absolute Gasteiger partial charge is 0.490 e. The van der Waals surface area contributed by atoms with Crippen molar-refractivity contribution in [1.82, 2.24) is 14.9 Å². The van der Waals surface area contributed by atoms with Crippen LogP contribution in [0.2, 0.25) is 0 Å². The predicted molar refractivity (Wildman–Crippen MR) is 213 cm³/mol. The highest BCUT2D eigenvalue weighted by atomic mass is 32.2. The highest BCUT2D eigenvalue weighted by Crippen LogP contribution is 2.57. The Hall–Kier alpha value is -5.08. The number of nitrogens with zero attached hydrogens (tertiary/aromatic N) is 2. The molecule has 5 atom stereocenters. The van der Waals surface area contributed by atoms with Crippen LogP contribution in [0.15, 0.2) is 77.8 Å². The lowest BCUT2D eigenvalue weighted by molar-refractivity contribution is -0.142. The third kappa shape index (κ3) is 6.97. The van der Waals surface area contributed by atoms with E-state index in [2.05, 4.69) is 21.8 Å². The van der Waals surface area contributed by atoms with Gasteiger partial charge in [0.05, 0.1) is 28.1 Å². The number of benzene rings is 2. The number of rotatable bonds is 7. The number of oxime groups is 1. The van der Waals surface area contributed by atoms with Gasteiger partial charge < -0.3 is 19.8 Å². The summed E-state index contributed by atoms with van der Waals surface area (Å²) >= 11 is 1.25. The summed E-state index contributed by atoms with van der Waals surface area (Å²) in [6, 6.07) is 13.4. The summed E-state index contributed by atoms with van der Waals surface area (Å²) in [6.45, 7) is 9.58. The summed E-state index contributed by atoms with van der Waals surface area (Å²) in [6.07, 6.45) is 5.47. The van der Waals surface area contributed by atoms with Crippen molar-refractivity contribution in [2.45, 2.75) is 76.3 Å². The van der Waals surface area contributed by atoms with E-state index in [0.29, 0.717) is 34.7 Å². The molecule has 4 bridgehead atoms. The third-order valence-electron chi connectivity index (χ3n) is 11.4. The molecule has 2 N–H and O–H groups in total. The summed E-state index contributed by atoms with van der Waals surface area (Å²) < 4.78 is 33.9. The molecule has 8 rings (SSSR count). The van der Waals surface area contributed by atoms with Crippen LogP contribution in [0, 0.1) is 16.7 Å². The maximum atomic E-state index is 14.8. The standard InChI is InChI=1S/C42H44N4O8S2/c1-5-25-21-42(25,40(50)45-56(51,52)28-13-14-28)22-34(47)33-20-27-23-46(33)39(49)37(41(2,3)4)43-38(48)36-24(16-18-55-36)9-8-17-53-26-12-15-30-29-10-6-7-11-31(29)35(44-54-27)32(30)19-26/h5-12,15-16,18-19,25,27-28,33,37H,1,13-14,17,20-23H2,2-4H3,(H,43,48)(H,45,50)/b9-8+,44-35-/t25-,27-,33+,37-,42-/m1/s1. The van der Waals surface area contributed by atoms with Crippen molar-refractivity contribution in [3.8, 4) is 16.9 Å². The van der Waals surface area contributed by atoms with E-state index in [4.69, 9.17) is 9.57 Å². The van der Waals surface area contributed by atoms with E-state index < -0.39 is 73.7 Å². The Morgan fingerprint density at radius 2 is 1.84 bits per heavy atom. The summed E-state index contributed by atoms with van der Waals surface area (Å²) in [7, 11) is -3.87. The summed E-state index contributed by atoms with van der Waals surface area (Å²) in [5, 5.41) is 8.84. The SMILES string of the molecule is C=C[C@@H]1C[C@]1(CC(=O)[C@@H]1C[C@@H]2CN1C(=O)[C@H](C(C)(C)C)NC(=O)c1sccc1/C=C/COc1ccc3c(c1)/C(=N\O2)c1ccccc1-3)C(=O)NS(=O)(=O)C1CC1. The normalized spacial score (nSPS) is 27.4. The lowest BCUT2D eigenvalue weighted by Gasteiger charge is -2.35. The number of ether oxygens (including phenoxy) is 1. The Kier molecular flexibility index (Phi) is 9.55. The molecule has 1 aromatic heterocycles. The number of hydrogen-bond donors (Lipinski definition) is 2. The van der Waals surface area contributed by atoms with Gasteiger partial charge in [0.1, 0.15) is 30.2 Å². The van der Waals surface area contributed by atoms with Crippen molar-refractivity contribution in [2.24, 2.45) is 21.9 Å². The predicted octanol–water partition coefficient (Wildman–Crippen LogP) is 5.48. The molecule has 3 aromatic rings. The first-order chi connectivity index (χ1) is 26.7. The van der Waals surface area contributed by atoms with Crippen molar-refractivity contribution >= 4 is 56.7 Å². The maximum absolute atomic E-state index is 14.8. The van der Waals surface area contributed by atoms with E-state index in [0.717, 1.165) is 22.3 Å². The highest BCUT2D eigenvalue weighted by Gasteiger charge is 2.61. The van der Waals surface area contributed by atoms with Gasteiger partial charge in [-0.05, 0) is 83.0 Å². The molecule has 14 heteroatoms. The van der Waals surface area contributed by atoms with E-state index in [1.807, 2.05) is 86.8 Å². The molecular formula is C42H44N4O8S2. The van der Waals surface area contributed by atoms with Crippen molar-refractivity contribution in [1.29, 1.82) is 0 Å². The molecule has 3 heterocycles. The first-order valence-electron chi connectivity index (χ1n) is 18.9. The van der Waals surface area contributed by atoms with Crippen molar-refractivity contribution in [3.05, 3.63) is 94.2 Å². The number of fused-ring (bicyclic) bond motifs is 7. The minimum Gasteiger partial charge on any atom is -0.490 e. The van der Waals surface area contributed by atoms with Crippen molar-refractivity contribution in [2.75, 3.05) is 13.2 Å². The summed E-state index contributed by atoms with van der Waals surface area (Å²) in [5.41, 5.74) is 2.79. The van der Waals surface area contributed by atoms with Gasteiger partial charge in [-0.2, -0.15) is 0 Å². The number of amides is 3. The van der Waals surface area contributed by atoms with Crippen LogP contribution in [0.3, 0.4) is 0 Å². The molecule has 292 valence electrons. The van der Waals surface area contributed by atoms with E-state index >= 15 is 0 Å². The fourth-order valence-corrected chi connectivity index (χ4v) is 10.2. The number of nitrogens with one attached hydrogen (secondary N) is 2. The number of thiophene rings is 1. The molecule has 56 heavy (non-hydrogen) atoms. The molecule has 0 spiro atoms. The highest BCUT2D eigenvalue weighted by molar-refractivity contribution is 7.90. The number of Topliss-reactive ketones (excluding diaryl/α,β-unsaturated/α-hetero) is 1. The average Bonchev–Trinajstić information content (AvgIpc) is 4.01. The molecule has 5 aliphatic rings. The monoisotopic (exact) mass is 796 g/mol. The molecule has 12 nitrogen and oxygen atoms in total. The van der Waals surface area contributed by atoms with Gasteiger partial charge in [0.15, 0.2) is 5.78 Å². The zero-order valence-corrected chi connectivity index (χ0v) is 33.1. The lowest BCUT2D eigenvalue weighted by Crippen LogP contribution is -2.57. The van der Waals surface area contributed by atoms with Crippen molar-refractivity contribution < 1.29 is 37.2 Å². The second kappa shape index (κ2) is 14.1. The number of sulfonamides is 1. The van der Waals surface area contributed by atoms with Crippen LogP contribution in [-0.2, 0) is 29.2 Å². The van der Waals surface area contributed by atoms with E-state index in [9.17, 15) is 27.6 Å². The molecule has 0 radical (unpaired) electrons. The Morgan fingerprint density at radius 3 is 2.55 bits per heavy atom. The molecule has 3 fully saturated rings. The first kappa shape index (κ1) is 37.8. The Bertz CT molecular complexity index is 2320. The van der Waals surface area contributed by atoms with Gasteiger partial charge in [-0.1, -0.05) is 62.3 Å². The van der Waals surface area contributed by atoms with Gasteiger partial charge in [0, 0.05) is 24.0 Å². The van der Waals surface area contributed by atoms with E-state index in [1.165, 1.54) is 16.2 Å². The van der Waals surface area contributed by atoms with Gasteiger partial charge >= 0.3 is 0 Å². The van der Waals surface area contributed by atoms with Crippen LogP contribution in [0.5, 0.6) is 5.75 Å². The van der Waals surface area contributed by atoms with E-state index in [-0.39, 0.29) is 32.4 Å². The number of hydrogen-bond acceptors (Lipinski definition) is 10. The van der Waals surface area contributed by atoms with Crippen LogP contribution in [-0.4, -0.2) is 79.1 Å². The van der Waals surface area contributed by atoms with Crippen LogP contribution < -0.4 is 14.8 Å². The van der Waals surface area contributed by atoms with Crippen LogP contribution in [0.25, 0.3) is 17.2 Å². The second-order valence-corrected chi connectivity index (χ2v) is 19.3. The topological polar surface area (TPSA) is 161 Å². The third-order valence-corrected chi connectivity index (χ3v) is 14.2. The number of allylic oxidation sites excluding steroid dienone is 1. The second-order valence-electron chi connectivity index (χ2n) is 16.4. The molecule has 2 aliphatic heterocycles. The van der Waals surface area contributed by atoms with Gasteiger partial charge in [-0.15, -0.1) is 17.9 Å². The number of ketones is 1. The first-order valence-corrected chi connectivity index (χ1v) is 21.3. The number of carbonyl (C=O) groups excluding carboxylic acids is 4. The van der Waals surface area contributed by atoms with Gasteiger partial charge in [-0.25, -0.2) is 8.42 Å². The van der Waals surface area contributed by atoms with Gasteiger partial charge in [0.2, 0.25) is 21.8 Å². The molecule has 3 amide bonds. The molecule has 3 aliphatic carbocycles. The quantitative estimate of drug-likeness (QED) is 0.233. The van der Waals surface area contributed by atoms with Gasteiger partial charge in [0.25, 0.3) is 5.91 Å². The van der Waals surface area contributed by atoms with Gasteiger partial charge in [-0.3, -0.25) is 23.9 Å². The minimum atomic E-state index is -3.87. The molecule has 0 unspecified atom stereocenters. The average molecular weight is 797 g/mol. The Labute approximate surface area is 330 Å². The maximum Gasteiger partial charge on any atom is 0.262 e. The minimum absolute atomic E-state index is 0.0146. The fraction of sp³-hybridized carbons (Fsp3) is 0.405. The summed E-state index contributed by atoms with van der Waals surface area (Å²) in [5.74, 6) is -1.85. The number of carbonyl (C=O) groups is 4. The summed E-state index contributed by atoms with van der Waals surface area (Å²) in [4.78, 5) is 64.9. The lowest BCUT2D eigenvalue weighted by atomic mass is 9.85. The molecule has 2 aromatic carbocycles. The zero-order valence-electron chi connectivity index (χ0n) is 31.4. The molecule has 2 saturated carbocycles. The van der Waals surface area contributed by atoms with Crippen LogP contribution in [0.4, 0.5) is 0 Å². The van der Waals surface area contributed by atoms with Crippen molar-refractivity contribution in [3.63, 3.8) is 0 Å². The van der Waals surface area contributed by atoms with E-state index in [1.54, 1.807) is 6.08 Å². The smallest absolute Gasteiger partial charge is 0.262 e. The zero-order chi connectivity index (χ0) is 39.6. The Balaban J connectivity index is 1.16. The van der Waals surface area contributed by atoms with Crippen LogP contribution in [0.1, 0.15) is 79.2 Å². The molecular weight excluding hydrogens is 753 g/mol. The Morgan fingerprint density at radius 1 is 1.09 bits per heavy atom. The van der Waals surface area contributed by atoms with Crippen LogP contribution >= 0.6 is 11.3 Å². The molecule has 1 saturated heterocycles.